The Kier molecular flexibility index (Phi) is 4.01. The Labute approximate surface area is 124 Å². The van der Waals surface area contributed by atoms with E-state index in [9.17, 15) is 0 Å². The van der Waals surface area contributed by atoms with Gasteiger partial charge < -0.3 is 10.5 Å². The number of amidine groups is 1. The molecular weight excluding hydrogens is 264 g/mol. The average Bonchev–Trinajstić information content (AvgIpc) is 3.00. The molecule has 2 heterocycles. The first kappa shape index (κ1) is 13.8. The van der Waals surface area contributed by atoms with Gasteiger partial charge in [-0.3, -0.25) is 15.3 Å². The third kappa shape index (κ3) is 2.97. The lowest BCUT2D eigenvalue weighted by Crippen LogP contribution is -2.25. The number of para-hydroxylation sites is 1. The number of nitrogens with two attached hydrogens (primary N) is 1. The van der Waals surface area contributed by atoms with Gasteiger partial charge in [0.2, 0.25) is 0 Å². The van der Waals surface area contributed by atoms with Crippen LogP contribution in [0.1, 0.15) is 18.4 Å². The largest absolute Gasteiger partial charge is 0.491 e. The van der Waals surface area contributed by atoms with E-state index in [0.29, 0.717) is 17.9 Å². The lowest BCUT2D eigenvalue weighted by atomic mass is 10.1. The molecule has 0 spiro atoms. The zero-order valence-corrected chi connectivity index (χ0v) is 12.0. The molecule has 0 amide bonds. The average molecular weight is 284 g/mol. The van der Waals surface area contributed by atoms with Gasteiger partial charge in [-0.15, -0.1) is 0 Å². The molecule has 1 aliphatic rings. The third-order valence-corrected chi connectivity index (χ3v) is 3.87. The van der Waals surface area contributed by atoms with Crippen molar-refractivity contribution in [2.75, 3.05) is 26.2 Å². The molecule has 1 saturated heterocycles. The molecule has 1 aromatic heterocycles. The van der Waals surface area contributed by atoms with Crippen molar-refractivity contribution >= 4 is 16.7 Å². The number of hydrogen-bond donors (Lipinski definition) is 2. The van der Waals surface area contributed by atoms with Crippen molar-refractivity contribution in [2.45, 2.75) is 12.8 Å². The van der Waals surface area contributed by atoms with E-state index in [-0.39, 0.29) is 5.84 Å². The minimum atomic E-state index is -0.00979. The number of aromatic nitrogens is 1. The summed E-state index contributed by atoms with van der Waals surface area (Å²) in [5, 5.41) is 8.61. The second-order valence-electron chi connectivity index (χ2n) is 5.33. The van der Waals surface area contributed by atoms with Gasteiger partial charge in [0.15, 0.2) is 0 Å². The molecule has 3 rings (SSSR count). The van der Waals surface area contributed by atoms with Crippen molar-refractivity contribution in [2.24, 2.45) is 5.73 Å². The van der Waals surface area contributed by atoms with Crippen molar-refractivity contribution in [3.8, 4) is 5.75 Å². The first-order valence-corrected chi connectivity index (χ1v) is 7.33. The highest BCUT2D eigenvalue weighted by atomic mass is 16.5. The van der Waals surface area contributed by atoms with Crippen molar-refractivity contribution in [1.29, 1.82) is 5.41 Å². The van der Waals surface area contributed by atoms with E-state index in [1.165, 1.54) is 12.8 Å². The van der Waals surface area contributed by atoms with Gasteiger partial charge in [-0.1, -0.05) is 12.1 Å². The molecule has 0 aliphatic carbocycles. The molecule has 110 valence electrons. The number of pyridine rings is 1. The Morgan fingerprint density at radius 1 is 1.29 bits per heavy atom. The molecule has 0 bridgehead atoms. The van der Waals surface area contributed by atoms with Gasteiger partial charge in [0, 0.05) is 18.1 Å². The predicted octanol–water partition coefficient (Wildman–Crippen LogP) is 1.99. The van der Waals surface area contributed by atoms with Gasteiger partial charge >= 0.3 is 0 Å². The third-order valence-electron chi connectivity index (χ3n) is 3.87. The lowest BCUT2D eigenvalue weighted by molar-refractivity contribution is 0.239. The molecule has 5 heteroatoms. The Hall–Kier alpha value is -2.14. The number of nitrogens with zero attached hydrogens (tertiary/aromatic N) is 2. The fraction of sp³-hybridized carbons (Fsp3) is 0.375. The number of likely N-dealkylation sites (tertiary alicyclic amines) is 1. The maximum Gasteiger partial charge on any atom is 0.141 e. The summed E-state index contributed by atoms with van der Waals surface area (Å²) in [5.41, 5.74) is 7.08. The molecule has 0 saturated carbocycles. The van der Waals surface area contributed by atoms with Crippen LogP contribution in [-0.2, 0) is 0 Å². The van der Waals surface area contributed by atoms with Crippen molar-refractivity contribution < 1.29 is 4.74 Å². The quantitative estimate of drug-likeness (QED) is 0.650. The number of hydrogen-bond acceptors (Lipinski definition) is 4. The van der Waals surface area contributed by atoms with E-state index in [4.69, 9.17) is 15.9 Å². The second kappa shape index (κ2) is 6.10. The molecule has 0 atom stereocenters. The summed E-state index contributed by atoms with van der Waals surface area (Å²) in [6.07, 6.45) is 4.17. The van der Waals surface area contributed by atoms with E-state index in [2.05, 4.69) is 9.88 Å². The van der Waals surface area contributed by atoms with Gasteiger partial charge in [-0.25, -0.2) is 0 Å². The monoisotopic (exact) mass is 284 g/mol. The van der Waals surface area contributed by atoms with Crippen LogP contribution in [0.25, 0.3) is 10.9 Å². The van der Waals surface area contributed by atoms with Gasteiger partial charge in [0.1, 0.15) is 18.2 Å². The normalized spacial score (nSPS) is 15.4. The first-order valence-electron chi connectivity index (χ1n) is 7.33. The van der Waals surface area contributed by atoms with E-state index in [0.717, 1.165) is 30.5 Å². The van der Waals surface area contributed by atoms with Crippen molar-refractivity contribution in [1.82, 2.24) is 9.88 Å². The topological polar surface area (TPSA) is 75.2 Å². The molecule has 1 fully saturated rings. The van der Waals surface area contributed by atoms with E-state index in [1.807, 2.05) is 24.3 Å². The van der Waals surface area contributed by atoms with Gasteiger partial charge in [0.05, 0.1) is 11.1 Å². The summed E-state index contributed by atoms with van der Waals surface area (Å²) in [6, 6.07) is 7.78. The maximum atomic E-state index is 7.70. The second-order valence-corrected chi connectivity index (χ2v) is 5.33. The smallest absolute Gasteiger partial charge is 0.141 e. The fourth-order valence-corrected chi connectivity index (χ4v) is 2.75. The SMILES string of the molecule is N=C(N)c1cnc2ccccc2c1OCCN1CCCC1. The van der Waals surface area contributed by atoms with Crippen LogP contribution in [0, 0.1) is 5.41 Å². The highest BCUT2D eigenvalue weighted by Crippen LogP contribution is 2.28. The van der Waals surface area contributed by atoms with Crippen LogP contribution in [-0.4, -0.2) is 42.0 Å². The fourth-order valence-electron chi connectivity index (χ4n) is 2.75. The van der Waals surface area contributed by atoms with Crippen LogP contribution in [0.5, 0.6) is 5.75 Å². The molecule has 0 unspecified atom stereocenters. The van der Waals surface area contributed by atoms with Gasteiger partial charge in [0.25, 0.3) is 0 Å². The predicted molar refractivity (Wildman–Crippen MR) is 83.9 cm³/mol. The van der Waals surface area contributed by atoms with E-state index in [1.54, 1.807) is 6.20 Å². The van der Waals surface area contributed by atoms with Crippen LogP contribution in [0.4, 0.5) is 0 Å². The lowest BCUT2D eigenvalue weighted by Gasteiger charge is -2.17. The van der Waals surface area contributed by atoms with Crippen LogP contribution in [0.2, 0.25) is 0 Å². The summed E-state index contributed by atoms with van der Waals surface area (Å²) in [5.74, 6) is 0.664. The van der Waals surface area contributed by atoms with E-state index < -0.39 is 0 Å². The van der Waals surface area contributed by atoms with Crippen LogP contribution < -0.4 is 10.5 Å². The van der Waals surface area contributed by atoms with Crippen LogP contribution in [0.15, 0.2) is 30.5 Å². The molecule has 0 radical (unpaired) electrons. The maximum absolute atomic E-state index is 7.70. The summed E-state index contributed by atoms with van der Waals surface area (Å²) < 4.78 is 5.97. The molecular formula is C16H20N4O. The van der Waals surface area contributed by atoms with Gasteiger partial charge in [-0.05, 0) is 38.1 Å². The number of fused-ring (bicyclic) bond motifs is 1. The van der Waals surface area contributed by atoms with Gasteiger partial charge in [-0.2, -0.15) is 0 Å². The molecule has 21 heavy (non-hydrogen) atoms. The summed E-state index contributed by atoms with van der Waals surface area (Å²) in [4.78, 5) is 6.74. The highest BCUT2D eigenvalue weighted by Gasteiger charge is 2.14. The molecule has 3 N–H and O–H groups in total. The van der Waals surface area contributed by atoms with E-state index >= 15 is 0 Å². The molecule has 1 aromatic carbocycles. The number of rotatable bonds is 5. The Morgan fingerprint density at radius 2 is 2.05 bits per heavy atom. The van der Waals surface area contributed by atoms with Crippen molar-refractivity contribution in [3.05, 3.63) is 36.0 Å². The standard InChI is InChI=1S/C16H20N4O/c17-16(18)13-11-19-14-6-2-1-5-12(14)15(13)21-10-9-20-7-3-4-8-20/h1-2,5-6,11H,3-4,7-10H2,(H3,17,18). The summed E-state index contributed by atoms with van der Waals surface area (Å²) >= 11 is 0. The Morgan fingerprint density at radius 3 is 2.81 bits per heavy atom. The Bertz CT molecular complexity index is 650. The minimum Gasteiger partial charge on any atom is -0.491 e. The number of nitrogen functional groups attached to an aromatic ring is 1. The van der Waals surface area contributed by atoms with Crippen LogP contribution in [0.3, 0.4) is 0 Å². The first-order chi connectivity index (χ1) is 10.3. The molecule has 5 nitrogen and oxygen atoms in total. The Balaban J connectivity index is 1.83. The number of ether oxygens (including phenoxy) is 1. The number of benzene rings is 1. The number of nitrogens with one attached hydrogen (secondary N) is 1. The van der Waals surface area contributed by atoms with Crippen LogP contribution >= 0.6 is 0 Å². The van der Waals surface area contributed by atoms with Crippen molar-refractivity contribution in [3.63, 3.8) is 0 Å². The summed E-state index contributed by atoms with van der Waals surface area (Å²) in [7, 11) is 0. The zero-order chi connectivity index (χ0) is 14.7. The molecule has 2 aromatic rings. The molecule has 1 aliphatic heterocycles. The summed E-state index contributed by atoms with van der Waals surface area (Å²) in [6.45, 7) is 3.82. The minimum absolute atomic E-state index is 0.00979. The zero-order valence-electron chi connectivity index (χ0n) is 12.0. The highest BCUT2D eigenvalue weighted by molar-refractivity contribution is 6.02.